The second-order valence-electron chi connectivity index (χ2n) is 5.46. The smallest absolute Gasteiger partial charge is 0.0701 e. The molecule has 128 valence electrons. The largest absolute Gasteiger partial charge is 0.379 e. The molecular formula is C17H37NO3. The summed E-state index contributed by atoms with van der Waals surface area (Å²) in [6, 6.07) is 0. The van der Waals surface area contributed by atoms with Gasteiger partial charge in [0, 0.05) is 18.7 Å². The summed E-state index contributed by atoms with van der Waals surface area (Å²) in [6.07, 6.45) is 5.81. The average molecular weight is 303 g/mol. The Labute approximate surface area is 131 Å². The molecule has 0 aliphatic carbocycles. The van der Waals surface area contributed by atoms with Crippen molar-refractivity contribution in [2.75, 3.05) is 46.2 Å². The monoisotopic (exact) mass is 303 g/mol. The van der Waals surface area contributed by atoms with Crippen molar-refractivity contribution < 1.29 is 14.2 Å². The second-order valence-corrected chi connectivity index (χ2v) is 5.46. The summed E-state index contributed by atoms with van der Waals surface area (Å²) in [4.78, 5) is 0. The van der Waals surface area contributed by atoms with E-state index >= 15 is 0 Å². The van der Waals surface area contributed by atoms with Crippen LogP contribution in [0, 0.1) is 0 Å². The minimum absolute atomic E-state index is 0.287. The molecule has 0 rings (SSSR count). The molecule has 0 aromatic heterocycles. The lowest BCUT2D eigenvalue weighted by Gasteiger charge is -2.32. The molecular weight excluding hydrogens is 266 g/mol. The van der Waals surface area contributed by atoms with Crippen LogP contribution in [0.25, 0.3) is 0 Å². The third kappa shape index (κ3) is 11.1. The summed E-state index contributed by atoms with van der Waals surface area (Å²) < 4.78 is 16.5. The van der Waals surface area contributed by atoms with Crippen LogP contribution in [0.2, 0.25) is 0 Å². The van der Waals surface area contributed by atoms with Gasteiger partial charge in [-0.1, -0.05) is 34.1 Å². The van der Waals surface area contributed by atoms with Crippen LogP contribution in [0.15, 0.2) is 0 Å². The van der Waals surface area contributed by atoms with Crippen LogP contribution in [-0.2, 0) is 14.2 Å². The number of hydrogen-bond acceptors (Lipinski definition) is 4. The first-order valence-electron chi connectivity index (χ1n) is 8.72. The van der Waals surface area contributed by atoms with Crippen molar-refractivity contribution in [2.24, 2.45) is 0 Å². The van der Waals surface area contributed by atoms with E-state index in [4.69, 9.17) is 14.2 Å². The van der Waals surface area contributed by atoms with E-state index in [1.165, 1.54) is 25.7 Å². The second kappa shape index (κ2) is 14.8. The van der Waals surface area contributed by atoms with Gasteiger partial charge in [-0.25, -0.2) is 0 Å². The quantitative estimate of drug-likeness (QED) is 0.444. The van der Waals surface area contributed by atoms with E-state index in [0.29, 0.717) is 26.4 Å². The van der Waals surface area contributed by atoms with Crippen LogP contribution < -0.4 is 5.32 Å². The highest BCUT2D eigenvalue weighted by Crippen LogP contribution is 2.18. The first-order chi connectivity index (χ1) is 10.2. The molecule has 0 unspecified atom stereocenters. The topological polar surface area (TPSA) is 39.7 Å². The maximum atomic E-state index is 5.58. The highest BCUT2D eigenvalue weighted by molar-refractivity contribution is 4.83. The Hall–Kier alpha value is -0.160. The van der Waals surface area contributed by atoms with E-state index in [1.54, 1.807) is 0 Å². The van der Waals surface area contributed by atoms with Gasteiger partial charge in [-0.15, -0.1) is 0 Å². The summed E-state index contributed by atoms with van der Waals surface area (Å²) in [5.74, 6) is 0. The Morgan fingerprint density at radius 1 is 0.667 bits per heavy atom. The molecule has 0 radical (unpaired) electrons. The van der Waals surface area contributed by atoms with Gasteiger partial charge in [-0.05, 0) is 25.7 Å². The third-order valence-electron chi connectivity index (χ3n) is 4.16. The summed E-state index contributed by atoms with van der Waals surface area (Å²) in [5, 5.41) is 3.63. The summed E-state index contributed by atoms with van der Waals surface area (Å²) in [5.41, 5.74) is 0.287. The fourth-order valence-electron chi connectivity index (χ4n) is 2.30. The van der Waals surface area contributed by atoms with Gasteiger partial charge in [0.2, 0.25) is 0 Å². The highest BCUT2D eigenvalue weighted by Gasteiger charge is 2.21. The van der Waals surface area contributed by atoms with Crippen molar-refractivity contribution in [3.8, 4) is 0 Å². The van der Waals surface area contributed by atoms with Crippen molar-refractivity contribution >= 4 is 0 Å². The molecule has 0 atom stereocenters. The summed E-state index contributed by atoms with van der Waals surface area (Å²) in [7, 11) is 0. The standard InChI is InChI=1S/C17H37NO3/c1-5-9-11-19-13-15-21-16-14-20-12-10-18-17(6-2,7-3)8-4/h18H,5-16H2,1-4H3. The maximum absolute atomic E-state index is 5.58. The third-order valence-corrected chi connectivity index (χ3v) is 4.16. The van der Waals surface area contributed by atoms with Gasteiger partial charge >= 0.3 is 0 Å². The van der Waals surface area contributed by atoms with Crippen molar-refractivity contribution in [2.45, 2.75) is 65.3 Å². The molecule has 0 bridgehead atoms. The normalized spacial score (nSPS) is 12.0. The van der Waals surface area contributed by atoms with E-state index in [1.807, 2.05) is 0 Å². The van der Waals surface area contributed by atoms with E-state index < -0.39 is 0 Å². The van der Waals surface area contributed by atoms with Gasteiger partial charge < -0.3 is 19.5 Å². The van der Waals surface area contributed by atoms with Crippen molar-refractivity contribution in [3.05, 3.63) is 0 Å². The van der Waals surface area contributed by atoms with Crippen LogP contribution in [0.3, 0.4) is 0 Å². The Kier molecular flexibility index (Phi) is 14.7. The van der Waals surface area contributed by atoms with Gasteiger partial charge in [-0.2, -0.15) is 0 Å². The van der Waals surface area contributed by atoms with Gasteiger partial charge in [0.05, 0.1) is 33.0 Å². The Balaban J connectivity index is 3.29. The zero-order valence-corrected chi connectivity index (χ0v) is 14.7. The van der Waals surface area contributed by atoms with Crippen LogP contribution >= 0.6 is 0 Å². The summed E-state index contributed by atoms with van der Waals surface area (Å²) >= 11 is 0. The summed E-state index contributed by atoms with van der Waals surface area (Å²) in [6.45, 7) is 14.1. The molecule has 1 N–H and O–H groups in total. The molecule has 0 aliphatic rings. The predicted molar refractivity (Wildman–Crippen MR) is 89.0 cm³/mol. The van der Waals surface area contributed by atoms with Gasteiger partial charge in [0.15, 0.2) is 0 Å². The molecule has 0 saturated carbocycles. The number of ether oxygens (including phenoxy) is 3. The van der Waals surface area contributed by atoms with E-state index in [2.05, 4.69) is 33.0 Å². The number of rotatable bonds is 16. The number of hydrogen-bond donors (Lipinski definition) is 1. The minimum Gasteiger partial charge on any atom is -0.379 e. The molecule has 4 nitrogen and oxygen atoms in total. The molecule has 0 fully saturated rings. The highest BCUT2D eigenvalue weighted by atomic mass is 16.5. The maximum Gasteiger partial charge on any atom is 0.0701 e. The first kappa shape index (κ1) is 20.8. The zero-order valence-electron chi connectivity index (χ0n) is 14.7. The fourth-order valence-corrected chi connectivity index (χ4v) is 2.30. The van der Waals surface area contributed by atoms with Crippen LogP contribution in [0.5, 0.6) is 0 Å². The molecule has 0 aliphatic heterocycles. The molecule has 0 amide bonds. The lowest BCUT2D eigenvalue weighted by atomic mass is 9.90. The van der Waals surface area contributed by atoms with E-state index in [9.17, 15) is 0 Å². The predicted octanol–water partition coefficient (Wildman–Crippen LogP) is 3.39. The Morgan fingerprint density at radius 3 is 1.62 bits per heavy atom. The van der Waals surface area contributed by atoms with E-state index in [0.717, 1.165) is 26.2 Å². The van der Waals surface area contributed by atoms with Crippen molar-refractivity contribution in [3.63, 3.8) is 0 Å². The van der Waals surface area contributed by atoms with Crippen molar-refractivity contribution in [1.82, 2.24) is 5.32 Å². The lowest BCUT2D eigenvalue weighted by Crippen LogP contribution is -2.45. The van der Waals surface area contributed by atoms with Gasteiger partial charge in [0.1, 0.15) is 0 Å². The van der Waals surface area contributed by atoms with Crippen molar-refractivity contribution in [1.29, 1.82) is 0 Å². The van der Waals surface area contributed by atoms with E-state index in [-0.39, 0.29) is 5.54 Å². The van der Waals surface area contributed by atoms with Crippen LogP contribution in [0.1, 0.15) is 59.8 Å². The molecule has 0 spiro atoms. The molecule has 0 aromatic rings. The van der Waals surface area contributed by atoms with Gasteiger partial charge in [0.25, 0.3) is 0 Å². The average Bonchev–Trinajstić information content (AvgIpc) is 2.53. The zero-order chi connectivity index (χ0) is 15.8. The molecule has 0 heterocycles. The molecule has 4 heteroatoms. The molecule has 21 heavy (non-hydrogen) atoms. The first-order valence-corrected chi connectivity index (χ1v) is 8.72. The Morgan fingerprint density at radius 2 is 1.14 bits per heavy atom. The molecule has 0 saturated heterocycles. The van der Waals surface area contributed by atoms with Gasteiger partial charge in [-0.3, -0.25) is 0 Å². The van der Waals surface area contributed by atoms with Crippen LogP contribution in [0.4, 0.5) is 0 Å². The fraction of sp³-hybridized carbons (Fsp3) is 1.00. The lowest BCUT2D eigenvalue weighted by molar-refractivity contribution is 0.0136. The van der Waals surface area contributed by atoms with Crippen LogP contribution in [-0.4, -0.2) is 51.7 Å². The minimum atomic E-state index is 0.287. The number of nitrogens with one attached hydrogen (secondary N) is 1. The number of unbranched alkanes of at least 4 members (excludes halogenated alkanes) is 1. The Bertz CT molecular complexity index is 200. The molecule has 0 aromatic carbocycles. The SMILES string of the molecule is CCCCOCCOCCOCCNC(CC)(CC)CC.